The molecule has 0 aliphatic carbocycles. The molecule has 0 unspecified atom stereocenters. The summed E-state index contributed by atoms with van der Waals surface area (Å²) >= 11 is 0. The highest BCUT2D eigenvalue weighted by atomic mass is 16.1. The van der Waals surface area contributed by atoms with Crippen LogP contribution >= 0.6 is 0 Å². The minimum absolute atomic E-state index is 0.299. The zero-order chi connectivity index (χ0) is 12.3. The van der Waals surface area contributed by atoms with Crippen molar-refractivity contribution in [2.24, 2.45) is 5.73 Å². The third kappa shape index (κ3) is 2.72. The van der Waals surface area contributed by atoms with E-state index < -0.39 is 0 Å². The molecule has 0 radical (unpaired) electrons. The van der Waals surface area contributed by atoms with E-state index in [0.717, 1.165) is 22.3 Å². The molecule has 1 heterocycles. The smallest absolute Gasteiger partial charge is 0.219 e. The molecule has 2 aromatic rings. The molecule has 2 rings (SSSR count). The maximum absolute atomic E-state index is 10.7. The Kier molecular flexibility index (Phi) is 3.23. The lowest BCUT2D eigenvalue weighted by Crippen LogP contribution is -2.16. The van der Waals surface area contributed by atoms with Crippen molar-refractivity contribution in [3.63, 3.8) is 0 Å². The first-order valence-electron chi connectivity index (χ1n) is 5.55. The molecule has 88 valence electrons. The summed E-state index contributed by atoms with van der Waals surface area (Å²) in [6.45, 7) is 2.49. The average molecular weight is 229 g/mol. The van der Waals surface area contributed by atoms with Gasteiger partial charge in [0.1, 0.15) is 0 Å². The van der Waals surface area contributed by atoms with Gasteiger partial charge in [0.2, 0.25) is 5.91 Å². The fourth-order valence-corrected chi connectivity index (χ4v) is 1.77. The number of carbonyl (C=O) groups excluding carboxylic acids is 1. The number of benzene rings is 1. The molecule has 3 N–H and O–H groups in total. The van der Waals surface area contributed by atoms with Crippen LogP contribution in [0.2, 0.25) is 0 Å². The fraction of sp³-hybridized carbons (Fsp3) is 0.231. The molecule has 0 aliphatic rings. The third-order valence-electron chi connectivity index (χ3n) is 2.53. The predicted molar refractivity (Wildman–Crippen MR) is 68.8 cm³/mol. The number of nitrogens with two attached hydrogens (primary N) is 1. The third-order valence-corrected chi connectivity index (χ3v) is 2.53. The number of aryl methyl sites for hydroxylation is 1. The van der Waals surface area contributed by atoms with Crippen LogP contribution in [0.4, 0.5) is 5.69 Å². The second-order valence-corrected chi connectivity index (χ2v) is 3.97. The summed E-state index contributed by atoms with van der Waals surface area (Å²) in [5.74, 6) is -0.299. The van der Waals surface area contributed by atoms with Gasteiger partial charge in [-0.2, -0.15) is 0 Å². The summed E-state index contributed by atoms with van der Waals surface area (Å²) in [5.41, 5.74) is 8.00. The van der Waals surface area contributed by atoms with E-state index in [1.165, 1.54) is 0 Å². The fourth-order valence-electron chi connectivity index (χ4n) is 1.77. The highest BCUT2D eigenvalue weighted by molar-refractivity contribution is 5.91. The topological polar surface area (TPSA) is 68.0 Å². The number of fused-ring (bicyclic) bond motifs is 1. The van der Waals surface area contributed by atoms with Gasteiger partial charge in [-0.3, -0.25) is 9.78 Å². The van der Waals surface area contributed by atoms with Gasteiger partial charge >= 0.3 is 0 Å². The quantitative estimate of drug-likeness (QED) is 0.840. The number of aromatic nitrogens is 1. The molecule has 0 aliphatic heterocycles. The first-order valence-corrected chi connectivity index (χ1v) is 5.55. The Morgan fingerprint density at radius 3 is 2.94 bits per heavy atom. The van der Waals surface area contributed by atoms with Gasteiger partial charge < -0.3 is 11.1 Å². The Labute approximate surface area is 99.8 Å². The van der Waals surface area contributed by atoms with Gasteiger partial charge in [0.05, 0.1) is 5.52 Å². The van der Waals surface area contributed by atoms with Gasteiger partial charge in [-0.05, 0) is 19.1 Å². The molecule has 1 amide bonds. The number of primary amides is 1. The van der Waals surface area contributed by atoms with Crippen LogP contribution in [0.3, 0.4) is 0 Å². The van der Waals surface area contributed by atoms with Crippen LogP contribution in [0, 0.1) is 6.92 Å². The van der Waals surface area contributed by atoms with Crippen molar-refractivity contribution >= 4 is 22.5 Å². The van der Waals surface area contributed by atoms with E-state index in [-0.39, 0.29) is 5.91 Å². The lowest BCUT2D eigenvalue weighted by Gasteiger charge is -2.09. The van der Waals surface area contributed by atoms with Gasteiger partial charge in [0.15, 0.2) is 0 Å². The number of para-hydroxylation sites is 1. The Morgan fingerprint density at radius 2 is 2.18 bits per heavy atom. The first-order chi connectivity index (χ1) is 8.16. The van der Waals surface area contributed by atoms with E-state index in [4.69, 9.17) is 5.73 Å². The van der Waals surface area contributed by atoms with Crippen LogP contribution < -0.4 is 11.1 Å². The van der Waals surface area contributed by atoms with Crippen molar-refractivity contribution < 1.29 is 4.79 Å². The lowest BCUT2D eigenvalue weighted by atomic mass is 10.1. The van der Waals surface area contributed by atoms with Gasteiger partial charge in [-0.25, -0.2) is 0 Å². The SMILES string of the molecule is Cc1cc(NCCC(N)=O)c2ccccc2n1. The molecule has 1 aromatic carbocycles. The zero-order valence-corrected chi connectivity index (χ0v) is 9.73. The molecule has 4 nitrogen and oxygen atoms in total. The highest BCUT2D eigenvalue weighted by Crippen LogP contribution is 2.22. The van der Waals surface area contributed by atoms with Crippen molar-refractivity contribution in [2.75, 3.05) is 11.9 Å². The number of nitrogens with zero attached hydrogens (tertiary/aromatic N) is 1. The van der Waals surface area contributed by atoms with Crippen molar-refractivity contribution in [1.82, 2.24) is 4.98 Å². The number of hydrogen-bond acceptors (Lipinski definition) is 3. The summed E-state index contributed by atoms with van der Waals surface area (Å²) in [6.07, 6.45) is 0.329. The number of pyridine rings is 1. The summed E-state index contributed by atoms with van der Waals surface area (Å²) in [7, 11) is 0. The summed E-state index contributed by atoms with van der Waals surface area (Å²) in [4.78, 5) is 15.1. The van der Waals surface area contributed by atoms with Crippen LogP contribution in [-0.2, 0) is 4.79 Å². The lowest BCUT2D eigenvalue weighted by molar-refractivity contribution is -0.117. The number of rotatable bonds is 4. The molecule has 17 heavy (non-hydrogen) atoms. The molecule has 0 bridgehead atoms. The minimum Gasteiger partial charge on any atom is -0.384 e. The summed E-state index contributed by atoms with van der Waals surface area (Å²) in [5, 5.41) is 4.28. The Balaban J connectivity index is 2.29. The van der Waals surface area contributed by atoms with E-state index in [2.05, 4.69) is 10.3 Å². The van der Waals surface area contributed by atoms with Crippen molar-refractivity contribution in [2.45, 2.75) is 13.3 Å². The maximum Gasteiger partial charge on any atom is 0.219 e. The molecular weight excluding hydrogens is 214 g/mol. The van der Waals surface area contributed by atoms with Crippen LogP contribution in [0.5, 0.6) is 0 Å². The Bertz CT molecular complexity index is 551. The van der Waals surface area contributed by atoms with E-state index >= 15 is 0 Å². The van der Waals surface area contributed by atoms with Crippen LogP contribution in [0.15, 0.2) is 30.3 Å². The van der Waals surface area contributed by atoms with Gasteiger partial charge in [0.25, 0.3) is 0 Å². The zero-order valence-electron chi connectivity index (χ0n) is 9.73. The van der Waals surface area contributed by atoms with Crippen LogP contribution in [0.1, 0.15) is 12.1 Å². The monoisotopic (exact) mass is 229 g/mol. The average Bonchev–Trinajstić information content (AvgIpc) is 2.28. The predicted octanol–water partition coefficient (Wildman–Crippen LogP) is 1.83. The molecule has 0 saturated carbocycles. The maximum atomic E-state index is 10.7. The molecule has 0 fully saturated rings. The Hall–Kier alpha value is -2.10. The van der Waals surface area contributed by atoms with E-state index in [9.17, 15) is 4.79 Å². The van der Waals surface area contributed by atoms with Gasteiger partial charge in [0, 0.05) is 29.7 Å². The standard InChI is InChI=1S/C13H15N3O/c1-9-8-12(15-7-6-13(14)17)10-4-2-3-5-11(10)16-9/h2-5,8H,6-7H2,1H3,(H2,14,17)(H,15,16). The van der Waals surface area contributed by atoms with Crippen LogP contribution in [-0.4, -0.2) is 17.4 Å². The summed E-state index contributed by atoms with van der Waals surface area (Å²) in [6, 6.07) is 9.89. The van der Waals surface area contributed by atoms with Crippen molar-refractivity contribution in [1.29, 1.82) is 0 Å². The normalized spacial score (nSPS) is 10.4. The molecule has 1 aromatic heterocycles. The van der Waals surface area contributed by atoms with E-state index in [1.54, 1.807) is 0 Å². The summed E-state index contributed by atoms with van der Waals surface area (Å²) < 4.78 is 0. The molecule has 0 spiro atoms. The number of hydrogen-bond donors (Lipinski definition) is 2. The molecule has 0 atom stereocenters. The largest absolute Gasteiger partial charge is 0.384 e. The highest BCUT2D eigenvalue weighted by Gasteiger charge is 2.03. The van der Waals surface area contributed by atoms with Crippen molar-refractivity contribution in [3.8, 4) is 0 Å². The molecule has 4 heteroatoms. The first kappa shape index (κ1) is 11.4. The van der Waals surface area contributed by atoms with Crippen molar-refractivity contribution in [3.05, 3.63) is 36.0 Å². The number of nitrogens with one attached hydrogen (secondary N) is 1. The molecule has 0 saturated heterocycles. The number of anilines is 1. The molecular formula is C13H15N3O. The number of carbonyl (C=O) groups is 1. The van der Waals surface area contributed by atoms with Gasteiger partial charge in [-0.15, -0.1) is 0 Å². The van der Waals surface area contributed by atoms with E-state index in [1.807, 2.05) is 37.3 Å². The Morgan fingerprint density at radius 1 is 1.41 bits per heavy atom. The van der Waals surface area contributed by atoms with Gasteiger partial charge in [-0.1, -0.05) is 18.2 Å². The second kappa shape index (κ2) is 4.82. The van der Waals surface area contributed by atoms with E-state index in [0.29, 0.717) is 13.0 Å². The minimum atomic E-state index is -0.299. The van der Waals surface area contributed by atoms with Crippen LogP contribution in [0.25, 0.3) is 10.9 Å². The number of amides is 1. The second-order valence-electron chi connectivity index (χ2n) is 3.97.